The molecule has 1 aromatic carbocycles. The van der Waals surface area contributed by atoms with Gasteiger partial charge < -0.3 is 11.1 Å². The van der Waals surface area contributed by atoms with E-state index in [0.717, 1.165) is 11.3 Å². The molecule has 0 aliphatic carbocycles. The Bertz CT molecular complexity index is 702. The van der Waals surface area contributed by atoms with Crippen LogP contribution in [0.3, 0.4) is 0 Å². The summed E-state index contributed by atoms with van der Waals surface area (Å²) in [7, 11) is 0. The van der Waals surface area contributed by atoms with Crippen LogP contribution in [0.4, 0.5) is 4.39 Å². The van der Waals surface area contributed by atoms with Crippen molar-refractivity contribution < 1.29 is 14.0 Å². The Hall–Kier alpha value is -1.92. The lowest BCUT2D eigenvalue weighted by molar-refractivity contribution is 0.0944. The van der Waals surface area contributed by atoms with Crippen LogP contribution in [0.5, 0.6) is 0 Å². The fourth-order valence-electron chi connectivity index (χ4n) is 1.78. The van der Waals surface area contributed by atoms with Gasteiger partial charge in [0.15, 0.2) is 0 Å². The molecular weight excluding hydrogens is 315 g/mol. The molecule has 0 spiro atoms. The van der Waals surface area contributed by atoms with Gasteiger partial charge in [-0.05, 0) is 30.7 Å². The summed E-state index contributed by atoms with van der Waals surface area (Å²) >= 11 is 7.07. The number of primary amides is 1. The van der Waals surface area contributed by atoms with E-state index >= 15 is 0 Å². The van der Waals surface area contributed by atoms with Crippen LogP contribution in [0.1, 0.15) is 38.6 Å². The van der Waals surface area contributed by atoms with Gasteiger partial charge in [0.05, 0.1) is 16.5 Å². The first-order valence-corrected chi connectivity index (χ1v) is 7.28. The first-order chi connectivity index (χ1) is 9.88. The predicted molar refractivity (Wildman–Crippen MR) is 80.1 cm³/mol. The average molecular weight is 327 g/mol. The Morgan fingerprint density at radius 3 is 2.67 bits per heavy atom. The Balaban J connectivity index is 2.12. The summed E-state index contributed by atoms with van der Waals surface area (Å²) < 4.78 is 13.0. The lowest BCUT2D eigenvalue weighted by Crippen LogP contribution is -2.26. The zero-order valence-corrected chi connectivity index (χ0v) is 12.6. The summed E-state index contributed by atoms with van der Waals surface area (Å²) in [5.74, 6) is -1.37. The Morgan fingerprint density at radius 1 is 1.38 bits per heavy atom. The van der Waals surface area contributed by atoms with E-state index in [2.05, 4.69) is 5.32 Å². The second-order valence-electron chi connectivity index (χ2n) is 4.42. The lowest BCUT2D eigenvalue weighted by atomic mass is 10.1. The molecule has 21 heavy (non-hydrogen) atoms. The third-order valence-electron chi connectivity index (χ3n) is 2.88. The number of hydrogen-bond acceptors (Lipinski definition) is 3. The molecule has 2 aromatic rings. The van der Waals surface area contributed by atoms with Gasteiger partial charge in [-0.15, -0.1) is 11.3 Å². The topological polar surface area (TPSA) is 72.2 Å². The van der Waals surface area contributed by atoms with Crippen LogP contribution in [0.15, 0.2) is 29.6 Å². The molecule has 0 saturated heterocycles. The molecule has 2 rings (SSSR count). The summed E-state index contributed by atoms with van der Waals surface area (Å²) in [6, 6.07) is 5.02. The summed E-state index contributed by atoms with van der Waals surface area (Å²) in [6.45, 7) is 1.74. The minimum Gasteiger partial charge on any atom is -0.366 e. The molecular formula is C14H12ClFN2O2S. The van der Waals surface area contributed by atoms with E-state index < -0.39 is 17.8 Å². The molecule has 4 nitrogen and oxygen atoms in total. The Kier molecular flexibility index (Phi) is 4.59. The monoisotopic (exact) mass is 326 g/mol. The normalized spacial score (nSPS) is 12.0. The van der Waals surface area contributed by atoms with Crippen molar-refractivity contribution in [3.8, 4) is 0 Å². The number of nitrogens with two attached hydrogens (primary N) is 1. The molecule has 7 heteroatoms. The maximum Gasteiger partial charge on any atom is 0.261 e. The van der Waals surface area contributed by atoms with Crippen molar-refractivity contribution in [1.29, 1.82) is 0 Å². The number of carbonyl (C=O) groups is 2. The van der Waals surface area contributed by atoms with Crippen molar-refractivity contribution in [2.45, 2.75) is 13.0 Å². The molecule has 0 aliphatic heterocycles. The van der Waals surface area contributed by atoms with Gasteiger partial charge in [-0.25, -0.2) is 4.39 Å². The zero-order chi connectivity index (χ0) is 15.6. The average Bonchev–Trinajstić information content (AvgIpc) is 2.88. The van der Waals surface area contributed by atoms with Crippen molar-refractivity contribution >= 4 is 34.8 Å². The number of rotatable bonds is 4. The highest BCUT2D eigenvalue weighted by molar-refractivity contribution is 7.12. The molecule has 1 aromatic heterocycles. The van der Waals surface area contributed by atoms with Crippen LogP contribution in [-0.4, -0.2) is 11.8 Å². The number of halogens is 2. The van der Waals surface area contributed by atoms with Crippen LogP contribution in [0.25, 0.3) is 0 Å². The van der Waals surface area contributed by atoms with Crippen molar-refractivity contribution in [1.82, 2.24) is 5.32 Å². The molecule has 0 bridgehead atoms. The number of nitrogens with one attached hydrogen (secondary N) is 1. The molecule has 1 heterocycles. The largest absolute Gasteiger partial charge is 0.366 e. The third-order valence-corrected chi connectivity index (χ3v) is 4.14. The molecule has 0 saturated carbocycles. The highest BCUT2D eigenvalue weighted by Crippen LogP contribution is 2.24. The molecule has 0 unspecified atom stereocenters. The molecule has 0 radical (unpaired) electrons. The number of amides is 2. The predicted octanol–water partition coefficient (Wildman–Crippen LogP) is 3.13. The van der Waals surface area contributed by atoms with Gasteiger partial charge in [0.1, 0.15) is 5.82 Å². The molecule has 0 aliphatic rings. The SMILES string of the molecule is C[C@H](NC(=O)c1cc(C(N)=O)cs1)c1ccc(F)cc1Cl. The van der Waals surface area contributed by atoms with E-state index in [-0.39, 0.29) is 16.5 Å². The molecule has 3 N–H and O–H groups in total. The highest BCUT2D eigenvalue weighted by Gasteiger charge is 2.16. The number of thiophene rings is 1. The molecule has 2 amide bonds. The maximum absolute atomic E-state index is 13.0. The highest BCUT2D eigenvalue weighted by atomic mass is 35.5. The first kappa shape index (κ1) is 15.5. The third kappa shape index (κ3) is 3.59. The summed E-state index contributed by atoms with van der Waals surface area (Å²) in [4.78, 5) is 23.4. The summed E-state index contributed by atoms with van der Waals surface area (Å²) in [5, 5.41) is 4.50. The Morgan fingerprint density at radius 2 is 2.10 bits per heavy atom. The van der Waals surface area contributed by atoms with Gasteiger partial charge in [0.2, 0.25) is 5.91 Å². The molecule has 110 valence electrons. The summed E-state index contributed by atoms with van der Waals surface area (Å²) in [6.07, 6.45) is 0. The van der Waals surface area contributed by atoms with Crippen LogP contribution in [-0.2, 0) is 0 Å². The van der Waals surface area contributed by atoms with E-state index in [1.807, 2.05) is 0 Å². The van der Waals surface area contributed by atoms with E-state index in [1.165, 1.54) is 29.6 Å². The van der Waals surface area contributed by atoms with E-state index in [1.54, 1.807) is 6.92 Å². The Labute approximate surface area is 129 Å². The zero-order valence-electron chi connectivity index (χ0n) is 11.0. The van der Waals surface area contributed by atoms with Crippen LogP contribution >= 0.6 is 22.9 Å². The van der Waals surface area contributed by atoms with Gasteiger partial charge in [-0.3, -0.25) is 9.59 Å². The van der Waals surface area contributed by atoms with Gasteiger partial charge in [0.25, 0.3) is 5.91 Å². The second-order valence-corrected chi connectivity index (χ2v) is 5.74. The van der Waals surface area contributed by atoms with Gasteiger partial charge >= 0.3 is 0 Å². The number of benzene rings is 1. The lowest BCUT2D eigenvalue weighted by Gasteiger charge is -2.15. The maximum atomic E-state index is 13.0. The van der Waals surface area contributed by atoms with Crippen LogP contribution < -0.4 is 11.1 Å². The van der Waals surface area contributed by atoms with E-state index in [0.29, 0.717) is 10.4 Å². The van der Waals surface area contributed by atoms with Crippen molar-refractivity contribution in [3.63, 3.8) is 0 Å². The second kappa shape index (κ2) is 6.24. The van der Waals surface area contributed by atoms with Crippen LogP contribution in [0.2, 0.25) is 5.02 Å². The van der Waals surface area contributed by atoms with Gasteiger partial charge in [0, 0.05) is 10.4 Å². The van der Waals surface area contributed by atoms with Crippen LogP contribution in [0, 0.1) is 5.82 Å². The quantitative estimate of drug-likeness (QED) is 0.906. The summed E-state index contributed by atoms with van der Waals surface area (Å²) in [5.41, 5.74) is 6.04. The number of hydrogen-bond donors (Lipinski definition) is 2. The van der Waals surface area contributed by atoms with Gasteiger partial charge in [-0.2, -0.15) is 0 Å². The molecule has 1 atom stereocenters. The molecule has 0 fully saturated rings. The minimum atomic E-state index is -0.583. The van der Waals surface area contributed by atoms with Gasteiger partial charge in [-0.1, -0.05) is 17.7 Å². The van der Waals surface area contributed by atoms with E-state index in [9.17, 15) is 14.0 Å². The minimum absolute atomic E-state index is 0.242. The standard InChI is InChI=1S/C14H12ClFN2O2S/c1-7(10-3-2-9(16)5-11(10)15)18-14(20)12-4-8(6-21-12)13(17)19/h2-7H,1H3,(H2,17,19)(H,18,20)/t7-/m0/s1. The fraction of sp³-hybridized carbons (Fsp3) is 0.143. The fourth-order valence-corrected chi connectivity index (χ4v) is 2.91. The number of carbonyl (C=O) groups excluding carboxylic acids is 2. The van der Waals surface area contributed by atoms with Crippen molar-refractivity contribution in [3.05, 3.63) is 56.5 Å². The first-order valence-electron chi connectivity index (χ1n) is 6.02. The van der Waals surface area contributed by atoms with E-state index in [4.69, 9.17) is 17.3 Å². The smallest absolute Gasteiger partial charge is 0.261 e. The van der Waals surface area contributed by atoms with Crippen molar-refractivity contribution in [2.24, 2.45) is 5.73 Å². The van der Waals surface area contributed by atoms with Crippen molar-refractivity contribution in [2.75, 3.05) is 0 Å².